The molecule has 106 valence electrons. The molecule has 0 saturated carbocycles. The minimum Gasteiger partial charge on any atom is -0.328 e. The minimum absolute atomic E-state index is 0.260. The Balaban J connectivity index is 1.75. The summed E-state index contributed by atoms with van der Waals surface area (Å²) >= 11 is 0. The Morgan fingerprint density at radius 2 is 2.24 bits per heavy atom. The van der Waals surface area contributed by atoms with E-state index in [0.717, 1.165) is 16.5 Å². The molecule has 0 aliphatic rings. The van der Waals surface area contributed by atoms with E-state index in [1.54, 1.807) is 12.4 Å². The van der Waals surface area contributed by atoms with Gasteiger partial charge in [-0.15, -0.1) is 0 Å². The van der Waals surface area contributed by atoms with Crippen LogP contribution in [-0.4, -0.2) is 26.2 Å². The summed E-state index contributed by atoms with van der Waals surface area (Å²) in [5, 5.41) is 14.0. The van der Waals surface area contributed by atoms with Crippen molar-refractivity contribution in [1.82, 2.24) is 25.5 Å². The van der Waals surface area contributed by atoms with Crippen molar-refractivity contribution in [3.05, 3.63) is 48.8 Å². The van der Waals surface area contributed by atoms with Crippen LogP contribution in [0.3, 0.4) is 0 Å². The number of nitrogens with zero attached hydrogens (tertiary/aromatic N) is 3. The molecule has 0 fully saturated rings. The zero-order valence-corrected chi connectivity index (χ0v) is 11.4. The Morgan fingerprint density at radius 1 is 1.33 bits per heavy atom. The summed E-state index contributed by atoms with van der Waals surface area (Å²) < 4.78 is 0. The van der Waals surface area contributed by atoms with Crippen molar-refractivity contribution in [3.63, 3.8) is 0 Å². The summed E-state index contributed by atoms with van der Waals surface area (Å²) in [4.78, 5) is 20.1. The molecular weight excluding hydrogens is 268 g/mol. The van der Waals surface area contributed by atoms with Crippen molar-refractivity contribution >= 4 is 22.5 Å². The van der Waals surface area contributed by atoms with Gasteiger partial charge < -0.3 is 10.6 Å². The van der Waals surface area contributed by atoms with Crippen molar-refractivity contribution in [2.75, 3.05) is 5.32 Å². The van der Waals surface area contributed by atoms with Crippen molar-refractivity contribution in [3.8, 4) is 0 Å². The van der Waals surface area contributed by atoms with E-state index in [1.807, 2.05) is 31.2 Å². The number of pyridine rings is 1. The van der Waals surface area contributed by atoms with E-state index in [0.29, 0.717) is 5.82 Å². The van der Waals surface area contributed by atoms with Gasteiger partial charge in [-0.1, -0.05) is 12.1 Å². The molecule has 2 heterocycles. The molecule has 21 heavy (non-hydrogen) atoms. The van der Waals surface area contributed by atoms with Gasteiger partial charge in [0.2, 0.25) is 0 Å². The molecule has 0 radical (unpaired) electrons. The number of fused-ring (bicyclic) bond motifs is 1. The van der Waals surface area contributed by atoms with E-state index >= 15 is 0 Å². The molecule has 7 heteroatoms. The highest BCUT2D eigenvalue weighted by Gasteiger charge is 2.12. The van der Waals surface area contributed by atoms with Gasteiger partial charge in [-0.25, -0.2) is 9.78 Å². The third-order valence-corrected chi connectivity index (χ3v) is 3.12. The SMILES string of the molecule is CC(NC(=O)Nc1cccc2cnccc12)c1ncn[nH]1. The van der Waals surface area contributed by atoms with E-state index < -0.39 is 0 Å². The fraction of sp³-hybridized carbons (Fsp3) is 0.143. The average Bonchev–Trinajstić information content (AvgIpc) is 3.02. The first-order valence-electron chi connectivity index (χ1n) is 6.49. The Morgan fingerprint density at radius 3 is 3.05 bits per heavy atom. The lowest BCUT2D eigenvalue weighted by atomic mass is 10.1. The van der Waals surface area contributed by atoms with Gasteiger partial charge in [-0.3, -0.25) is 10.1 Å². The fourth-order valence-corrected chi connectivity index (χ4v) is 2.08. The number of carbonyl (C=O) groups is 1. The zero-order valence-electron chi connectivity index (χ0n) is 11.4. The third-order valence-electron chi connectivity index (χ3n) is 3.12. The van der Waals surface area contributed by atoms with Crippen LogP contribution in [0, 0.1) is 0 Å². The first-order valence-corrected chi connectivity index (χ1v) is 6.49. The lowest BCUT2D eigenvalue weighted by Crippen LogP contribution is -2.31. The number of benzene rings is 1. The number of aromatic nitrogens is 4. The largest absolute Gasteiger partial charge is 0.328 e. The van der Waals surface area contributed by atoms with Crippen molar-refractivity contribution in [2.24, 2.45) is 0 Å². The van der Waals surface area contributed by atoms with E-state index in [2.05, 4.69) is 30.8 Å². The number of nitrogens with one attached hydrogen (secondary N) is 3. The first-order chi connectivity index (χ1) is 10.2. The molecule has 0 bridgehead atoms. The van der Waals surface area contributed by atoms with Crippen molar-refractivity contribution in [1.29, 1.82) is 0 Å². The highest BCUT2D eigenvalue weighted by Crippen LogP contribution is 2.22. The molecule has 2 amide bonds. The fourth-order valence-electron chi connectivity index (χ4n) is 2.08. The number of hydrogen-bond donors (Lipinski definition) is 3. The second-order valence-electron chi connectivity index (χ2n) is 4.59. The van der Waals surface area contributed by atoms with Gasteiger partial charge >= 0.3 is 6.03 Å². The quantitative estimate of drug-likeness (QED) is 0.686. The number of rotatable bonds is 3. The highest BCUT2D eigenvalue weighted by atomic mass is 16.2. The lowest BCUT2D eigenvalue weighted by Gasteiger charge is -2.13. The number of anilines is 1. The van der Waals surface area contributed by atoms with Crippen molar-refractivity contribution < 1.29 is 4.79 Å². The normalized spacial score (nSPS) is 12.0. The second-order valence-corrected chi connectivity index (χ2v) is 4.59. The molecule has 3 N–H and O–H groups in total. The summed E-state index contributed by atoms with van der Waals surface area (Å²) in [6.45, 7) is 1.83. The predicted octanol–water partition coefficient (Wildman–Crippen LogP) is 2.24. The summed E-state index contributed by atoms with van der Waals surface area (Å²) in [7, 11) is 0. The number of aromatic amines is 1. The van der Waals surface area contributed by atoms with Crippen LogP contribution in [0.15, 0.2) is 43.0 Å². The van der Waals surface area contributed by atoms with Crippen LogP contribution in [0.25, 0.3) is 10.8 Å². The number of H-pyrrole nitrogens is 1. The third kappa shape index (κ3) is 2.81. The molecule has 0 aliphatic heterocycles. The van der Waals surface area contributed by atoms with Crippen LogP contribution in [0.4, 0.5) is 10.5 Å². The molecule has 0 saturated heterocycles. The number of amides is 2. The van der Waals surface area contributed by atoms with Crippen LogP contribution in [0.2, 0.25) is 0 Å². The van der Waals surface area contributed by atoms with Crippen LogP contribution in [0.1, 0.15) is 18.8 Å². The van der Waals surface area contributed by atoms with Crippen molar-refractivity contribution in [2.45, 2.75) is 13.0 Å². The van der Waals surface area contributed by atoms with Gasteiger partial charge in [0.1, 0.15) is 12.2 Å². The Bertz CT molecular complexity index is 750. The van der Waals surface area contributed by atoms with Gasteiger partial charge in [-0.05, 0) is 19.1 Å². The predicted molar refractivity (Wildman–Crippen MR) is 78.7 cm³/mol. The van der Waals surface area contributed by atoms with Crippen LogP contribution >= 0.6 is 0 Å². The maximum Gasteiger partial charge on any atom is 0.319 e. The molecular formula is C14H14N6O. The number of urea groups is 1. The van der Waals surface area contributed by atoms with Gasteiger partial charge in [0.05, 0.1) is 11.7 Å². The topological polar surface area (TPSA) is 95.6 Å². The molecule has 1 unspecified atom stereocenters. The molecule has 7 nitrogen and oxygen atoms in total. The lowest BCUT2D eigenvalue weighted by molar-refractivity contribution is 0.249. The summed E-state index contributed by atoms with van der Waals surface area (Å²) in [5.74, 6) is 0.604. The second kappa shape index (κ2) is 5.58. The highest BCUT2D eigenvalue weighted by molar-refractivity contribution is 6.01. The Hall–Kier alpha value is -2.96. The van der Waals surface area contributed by atoms with E-state index in [4.69, 9.17) is 0 Å². The molecule has 1 aromatic carbocycles. The van der Waals surface area contributed by atoms with Crippen LogP contribution in [0.5, 0.6) is 0 Å². The van der Waals surface area contributed by atoms with Crippen LogP contribution in [-0.2, 0) is 0 Å². The Kier molecular flexibility index (Phi) is 3.46. The van der Waals surface area contributed by atoms with E-state index in [-0.39, 0.29) is 12.1 Å². The molecule has 0 spiro atoms. The molecule has 2 aromatic heterocycles. The number of hydrogen-bond acceptors (Lipinski definition) is 4. The molecule has 3 rings (SSSR count). The Labute approximate surface area is 120 Å². The summed E-state index contributed by atoms with van der Waals surface area (Å²) in [6, 6.07) is 6.97. The molecule has 0 aliphatic carbocycles. The number of carbonyl (C=O) groups excluding carboxylic acids is 1. The van der Waals surface area contributed by atoms with Crippen LogP contribution < -0.4 is 10.6 Å². The van der Waals surface area contributed by atoms with E-state index in [1.165, 1.54) is 6.33 Å². The zero-order chi connectivity index (χ0) is 14.7. The van der Waals surface area contributed by atoms with E-state index in [9.17, 15) is 4.79 Å². The maximum absolute atomic E-state index is 12.1. The smallest absolute Gasteiger partial charge is 0.319 e. The van der Waals surface area contributed by atoms with Gasteiger partial charge in [0.15, 0.2) is 0 Å². The standard InChI is InChI=1S/C14H14N6O/c1-9(13-16-8-17-20-13)18-14(21)19-12-4-2-3-10-7-15-6-5-11(10)12/h2-9H,1H3,(H,16,17,20)(H2,18,19,21). The molecule has 1 atom stereocenters. The van der Waals surface area contributed by atoms with Gasteiger partial charge in [-0.2, -0.15) is 5.10 Å². The first kappa shape index (κ1) is 13.0. The monoisotopic (exact) mass is 282 g/mol. The van der Waals surface area contributed by atoms with Gasteiger partial charge in [0, 0.05) is 23.2 Å². The average molecular weight is 282 g/mol. The summed E-state index contributed by atoms with van der Waals surface area (Å²) in [6.07, 6.45) is 4.86. The minimum atomic E-state index is -0.303. The molecule has 3 aromatic rings. The van der Waals surface area contributed by atoms with Gasteiger partial charge in [0.25, 0.3) is 0 Å². The maximum atomic E-state index is 12.1. The summed E-state index contributed by atoms with van der Waals surface area (Å²) in [5.41, 5.74) is 0.733.